The summed E-state index contributed by atoms with van der Waals surface area (Å²) in [5, 5.41) is 3.36. The van der Waals surface area contributed by atoms with E-state index in [1.165, 1.54) is 4.88 Å². The van der Waals surface area contributed by atoms with E-state index in [0.29, 0.717) is 13.2 Å². The third-order valence-electron chi connectivity index (χ3n) is 3.05. The first kappa shape index (κ1) is 15.6. The second-order valence-electron chi connectivity index (χ2n) is 4.50. The highest BCUT2D eigenvalue weighted by molar-refractivity contribution is 7.16. The van der Waals surface area contributed by atoms with Gasteiger partial charge in [0.15, 0.2) is 5.96 Å². The van der Waals surface area contributed by atoms with Gasteiger partial charge in [0.25, 0.3) is 0 Å². The van der Waals surface area contributed by atoms with E-state index in [-0.39, 0.29) is 6.10 Å². The van der Waals surface area contributed by atoms with Crippen molar-refractivity contribution in [3.63, 3.8) is 0 Å². The molecule has 5 nitrogen and oxygen atoms in total. The summed E-state index contributed by atoms with van der Waals surface area (Å²) in [7, 11) is 3.49. The van der Waals surface area contributed by atoms with E-state index in [0.717, 1.165) is 29.9 Å². The number of ether oxygens (including phenoxy) is 2. The molecule has 1 fully saturated rings. The Balaban J connectivity index is 1.87. The molecule has 1 N–H and O–H groups in total. The Labute approximate surface area is 128 Å². The van der Waals surface area contributed by atoms with Gasteiger partial charge in [-0.2, -0.15) is 0 Å². The predicted molar refractivity (Wildman–Crippen MR) is 82.7 cm³/mol. The van der Waals surface area contributed by atoms with Gasteiger partial charge >= 0.3 is 0 Å². The van der Waals surface area contributed by atoms with Crippen molar-refractivity contribution in [1.29, 1.82) is 0 Å². The SMILES string of the molecule is CN=C(NCc1ccc(Cl)s1)N1CCOC(COC)C1. The van der Waals surface area contributed by atoms with Crippen LogP contribution in [0.15, 0.2) is 17.1 Å². The summed E-state index contributed by atoms with van der Waals surface area (Å²) in [6, 6.07) is 3.94. The molecule has 0 aromatic carbocycles. The molecule has 112 valence electrons. The van der Waals surface area contributed by atoms with Gasteiger partial charge in [0, 0.05) is 32.1 Å². The van der Waals surface area contributed by atoms with Gasteiger partial charge in [0.1, 0.15) is 0 Å². The van der Waals surface area contributed by atoms with Crippen LogP contribution in [0, 0.1) is 0 Å². The minimum Gasteiger partial charge on any atom is -0.382 e. The van der Waals surface area contributed by atoms with E-state index in [1.807, 2.05) is 12.1 Å². The molecule has 2 heterocycles. The number of rotatable bonds is 4. The molecule has 0 radical (unpaired) electrons. The average Bonchev–Trinajstić information content (AvgIpc) is 2.86. The van der Waals surface area contributed by atoms with Crippen LogP contribution in [-0.2, 0) is 16.0 Å². The molecule has 0 spiro atoms. The number of methoxy groups -OCH3 is 1. The lowest BCUT2D eigenvalue weighted by atomic mass is 10.3. The van der Waals surface area contributed by atoms with Crippen LogP contribution in [0.4, 0.5) is 0 Å². The molecule has 0 aliphatic carbocycles. The van der Waals surface area contributed by atoms with Crippen molar-refractivity contribution in [1.82, 2.24) is 10.2 Å². The zero-order chi connectivity index (χ0) is 14.4. The summed E-state index contributed by atoms with van der Waals surface area (Å²) < 4.78 is 11.6. The quantitative estimate of drug-likeness (QED) is 0.680. The van der Waals surface area contributed by atoms with Crippen molar-refractivity contribution >= 4 is 28.9 Å². The Morgan fingerprint density at radius 3 is 3.15 bits per heavy atom. The molecule has 2 rings (SSSR count). The number of nitrogens with zero attached hydrogens (tertiary/aromatic N) is 2. The molecule has 20 heavy (non-hydrogen) atoms. The van der Waals surface area contributed by atoms with Crippen molar-refractivity contribution in [2.45, 2.75) is 12.6 Å². The minimum atomic E-state index is 0.100. The van der Waals surface area contributed by atoms with E-state index < -0.39 is 0 Å². The van der Waals surface area contributed by atoms with Crippen molar-refractivity contribution < 1.29 is 9.47 Å². The first-order chi connectivity index (χ1) is 9.72. The fourth-order valence-corrected chi connectivity index (χ4v) is 3.17. The second kappa shape index (κ2) is 7.83. The number of guanidine groups is 1. The Bertz CT molecular complexity index is 451. The predicted octanol–water partition coefficient (Wildman–Crippen LogP) is 1.82. The number of thiophene rings is 1. The maximum absolute atomic E-state index is 5.93. The normalized spacial score (nSPS) is 20.2. The molecule has 1 aliphatic rings. The van der Waals surface area contributed by atoms with Crippen LogP contribution < -0.4 is 5.32 Å². The van der Waals surface area contributed by atoms with E-state index in [4.69, 9.17) is 21.1 Å². The topological polar surface area (TPSA) is 46.1 Å². The molecule has 1 aromatic heterocycles. The monoisotopic (exact) mass is 317 g/mol. The van der Waals surface area contributed by atoms with Gasteiger partial charge < -0.3 is 19.7 Å². The Kier molecular flexibility index (Phi) is 6.09. The smallest absolute Gasteiger partial charge is 0.194 e. The molecular formula is C13H20ClN3O2S. The highest BCUT2D eigenvalue weighted by Gasteiger charge is 2.22. The second-order valence-corrected chi connectivity index (χ2v) is 6.30. The molecule has 1 aromatic rings. The standard InChI is InChI=1S/C13H20ClN3O2S/c1-15-13(16-7-11-3-4-12(14)20-11)17-5-6-19-10(8-17)9-18-2/h3-4,10H,5-9H2,1-2H3,(H,15,16). The molecule has 0 amide bonds. The lowest BCUT2D eigenvalue weighted by Gasteiger charge is -2.34. The highest BCUT2D eigenvalue weighted by atomic mass is 35.5. The molecule has 1 atom stereocenters. The fraction of sp³-hybridized carbons (Fsp3) is 0.615. The number of hydrogen-bond donors (Lipinski definition) is 1. The maximum atomic E-state index is 5.93. The van der Waals surface area contributed by atoms with Crippen molar-refractivity contribution in [3.05, 3.63) is 21.3 Å². The summed E-state index contributed by atoms with van der Waals surface area (Å²) in [5.74, 6) is 0.888. The molecule has 0 saturated carbocycles. The first-order valence-electron chi connectivity index (χ1n) is 6.53. The van der Waals surface area contributed by atoms with Gasteiger partial charge in [-0.3, -0.25) is 4.99 Å². The largest absolute Gasteiger partial charge is 0.382 e. The van der Waals surface area contributed by atoms with Gasteiger partial charge in [-0.1, -0.05) is 11.6 Å². The Morgan fingerprint density at radius 1 is 1.65 bits per heavy atom. The van der Waals surface area contributed by atoms with Crippen molar-refractivity contribution in [3.8, 4) is 0 Å². The highest BCUT2D eigenvalue weighted by Crippen LogP contribution is 2.21. The molecule has 1 saturated heterocycles. The summed E-state index contributed by atoms with van der Waals surface area (Å²) in [5.41, 5.74) is 0. The van der Waals surface area contributed by atoms with E-state index in [9.17, 15) is 0 Å². The van der Waals surface area contributed by atoms with Crippen LogP contribution in [-0.4, -0.2) is 57.4 Å². The maximum Gasteiger partial charge on any atom is 0.194 e. The van der Waals surface area contributed by atoms with Crippen LogP contribution in [0.5, 0.6) is 0 Å². The molecule has 7 heteroatoms. The Hall–Kier alpha value is -0.820. The summed E-state index contributed by atoms with van der Waals surface area (Å²) in [4.78, 5) is 7.72. The number of morpholine rings is 1. The minimum absolute atomic E-state index is 0.100. The molecule has 1 aliphatic heterocycles. The van der Waals surface area contributed by atoms with Crippen LogP contribution >= 0.6 is 22.9 Å². The van der Waals surface area contributed by atoms with Gasteiger partial charge in [-0.05, 0) is 12.1 Å². The van der Waals surface area contributed by atoms with Gasteiger partial charge in [0.2, 0.25) is 0 Å². The van der Waals surface area contributed by atoms with Gasteiger partial charge in [0.05, 0.1) is 30.2 Å². The van der Waals surface area contributed by atoms with Crippen LogP contribution in [0.2, 0.25) is 4.34 Å². The van der Waals surface area contributed by atoms with E-state index in [1.54, 1.807) is 25.5 Å². The van der Waals surface area contributed by atoms with Crippen molar-refractivity contribution in [2.75, 3.05) is 40.5 Å². The summed E-state index contributed by atoms with van der Waals surface area (Å²) in [6.07, 6.45) is 0.100. The van der Waals surface area contributed by atoms with Gasteiger partial charge in [-0.15, -0.1) is 11.3 Å². The number of halogens is 1. The van der Waals surface area contributed by atoms with E-state index in [2.05, 4.69) is 15.2 Å². The third-order valence-corrected chi connectivity index (χ3v) is 4.28. The Morgan fingerprint density at radius 2 is 2.50 bits per heavy atom. The lowest BCUT2D eigenvalue weighted by molar-refractivity contribution is -0.0447. The van der Waals surface area contributed by atoms with E-state index >= 15 is 0 Å². The fourth-order valence-electron chi connectivity index (χ4n) is 2.14. The van der Waals surface area contributed by atoms with Gasteiger partial charge in [-0.25, -0.2) is 0 Å². The third kappa shape index (κ3) is 4.34. The molecular weight excluding hydrogens is 298 g/mol. The van der Waals surface area contributed by atoms with Crippen LogP contribution in [0.3, 0.4) is 0 Å². The zero-order valence-corrected chi connectivity index (χ0v) is 13.3. The number of aliphatic imine (C=N–C) groups is 1. The van der Waals surface area contributed by atoms with Crippen LogP contribution in [0.1, 0.15) is 4.88 Å². The molecule has 1 unspecified atom stereocenters. The summed E-state index contributed by atoms with van der Waals surface area (Å²) in [6.45, 7) is 3.66. The van der Waals surface area contributed by atoms with Crippen molar-refractivity contribution in [2.24, 2.45) is 4.99 Å². The number of nitrogens with one attached hydrogen (secondary N) is 1. The lowest BCUT2D eigenvalue weighted by Crippen LogP contribution is -2.51. The number of hydrogen-bond acceptors (Lipinski definition) is 4. The molecule has 0 bridgehead atoms. The summed E-state index contributed by atoms with van der Waals surface area (Å²) >= 11 is 7.51. The zero-order valence-electron chi connectivity index (χ0n) is 11.8. The van der Waals surface area contributed by atoms with Crippen LogP contribution in [0.25, 0.3) is 0 Å². The first-order valence-corrected chi connectivity index (χ1v) is 7.72. The average molecular weight is 318 g/mol.